The van der Waals surface area contributed by atoms with Gasteiger partial charge >= 0.3 is 18.0 Å². The van der Waals surface area contributed by atoms with E-state index in [2.05, 4.69) is 4.74 Å². The van der Waals surface area contributed by atoms with E-state index < -0.39 is 28.7 Å². The van der Waals surface area contributed by atoms with Crippen molar-refractivity contribution < 1.29 is 24.0 Å². The minimum atomic E-state index is -2.71. The molecule has 1 N–H and O–H groups in total. The minimum absolute atomic E-state index is 0.238. The van der Waals surface area contributed by atoms with Gasteiger partial charge in [-0.05, 0) is 6.07 Å². The number of carbonyl (C=O) groups is 1. The molecule has 0 fully saturated rings. The number of carboxylic acids is 1. The van der Waals surface area contributed by atoms with Crippen LogP contribution in [0.15, 0.2) is 18.2 Å². The molecule has 0 aliphatic carbocycles. The second kappa shape index (κ2) is 4.75. The number of benzene rings is 1. The van der Waals surface area contributed by atoms with Crippen molar-refractivity contribution in [1.82, 2.24) is 0 Å². The number of hydrogen-bond donors (Lipinski definition) is 1. The highest BCUT2D eigenvalue weighted by atomic mass is 35.5. The fraction of sp³-hybridized carbons (Fsp3) is 0.125. The Kier molecular flexibility index (Phi) is 3.62. The molecule has 16 heavy (non-hydrogen) atoms. The summed E-state index contributed by atoms with van der Waals surface area (Å²) >= 11 is 5.53. The number of ether oxygens (including phenoxy) is 1. The highest BCUT2D eigenvalue weighted by Gasteiger charge is 2.25. The van der Waals surface area contributed by atoms with Crippen LogP contribution in [0.3, 0.4) is 0 Å². The largest absolute Gasteiger partial charge is 0.476 e. The van der Waals surface area contributed by atoms with Crippen LogP contribution in [-0.2, 0) is 4.79 Å². The molecule has 86 valence electrons. The van der Waals surface area contributed by atoms with E-state index >= 15 is 0 Å². The summed E-state index contributed by atoms with van der Waals surface area (Å²) in [6.45, 7) is 0. The monoisotopic (exact) mass is 249 g/mol. The van der Waals surface area contributed by atoms with Crippen LogP contribution in [0.1, 0.15) is 0 Å². The number of nitro groups is 1. The van der Waals surface area contributed by atoms with Crippen molar-refractivity contribution in [2.45, 2.75) is 6.36 Å². The molecule has 0 aliphatic heterocycles. The summed E-state index contributed by atoms with van der Waals surface area (Å²) in [5, 5.41) is 18.5. The van der Waals surface area contributed by atoms with Crippen molar-refractivity contribution in [1.29, 1.82) is 0 Å². The number of halogens is 2. The number of para-hydroxylation sites is 1. The Hall–Kier alpha value is -1.89. The second-order valence-electron chi connectivity index (χ2n) is 2.62. The van der Waals surface area contributed by atoms with E-state index in [4.69, 9.17) is 16.7 Å². The van der Waals surface area contributed by atoms with E-state index in [0.29, 0.717) is 0 Å². The molecule has 0 radical (unpaired) electrons. The summed E-state index contributed by atoms with van der Waals surface area (Å²) in [4.78, 5) is 19.9. The standard InChI is InChI=1S/C8H5ClFNO5/c9-4-2-1-3-5(11(14)15)6(4)16-7(10)8(12)13/h1-3,7H,(H,12,13). The summed E-state index contributed by atoms with van der Waals surface area (Å²) in [6, 6.07) is 3.51. The average Bonchev–Trinajstić information content (AvgIpc) is 2.20. The number of hydrogen-bond acceptors (Lipinski definition) is 4. The van der Waals surface area contributed by atoms with Gasteiger partial charge in [0.1, 0.15) is 0 Å². The summed E-state index contributed by atoms with van der Waals surface area (Å²) in [6.07, 6.45) is -2.71. The molecule has 0 aromatic heterocycles. The van der Waals surface area contributed by atoms with Gasteiger partial charge in [-0.15, -0.1) is 0 Å². The smallest absolute Gasteiger partial charge is 0.378 e. The van der Waals surface area contributed by atoms with Gasteiger partial charge in [0.05, 0.1) is 9.95 Å². The number of nitrogens with zero attached hydrogens (tertiary/aromatic N) is 1. The van der Waals surface area contributed by atoms with Crippen LogP contribution in [0.2, 0.25) is 5.02 Å². The normalized spacial score (nSPS) is 11.9. The second-order valence-corrected chi connectivity index (χ2v) is 3.02. The van der Waals surface area contributed by atoms with Crippen LogP contribution >= 0.6 is 11.6 Å². The highest BCUT2D eigenvalue weighted by Crippen LogP contribution is 2.35. The quantitative estimate of drug-likeness (QED) is 0.651. The van der Waals surface area contributed by atoms with Crippen LogP contribution in [0.25, 0.3) is 0 Å². The molecule has 1 atom stereocenters. The number of rotatable bonds is 4. The van der Waals surface area contributed by atoms with E-state index in [-0.39, 0.29) is 5.02 Å². The van der Waals surface area contributed by atoms with E-state index in [1.807, 2.05) is 0 Å². The Morgan fingerprint density at radius 3 is 2.75 bits per heavy atom. The molecule has 1 aromatic rings. The summed E-state index contributed by atoms with van der Waals surface area (Å²) in [5.74, 6) is -2.50. The lowest BCUT2D eigenvalue weighted by atomic mass is 10.3. The Morgan fingerprint density at radius 2 is 2.25 bits per heavy atom. The lowest BCUT2D eigenvalue weighted by molar-refractivity contribution is -0.386. The van der Waals surface area contributed by atoms with Crippen molar-refractivity contribution >= 4 is 23.3 Å². The molecule has 0 amide bonds. The molecule has 1 rings (SSSR count). The third-order valence-corrected chi connectivity index (χ3v) is 1.86. The van der Waals surface area contributed by atoms with E-state index in [1.54, 1.807) is 0 Å². The first-order chi connectivity index (χ1) is 7.43. The van der Waals surface area contributed by atoms with Crippen LogP contribution < -0.4 is 4.74 Å². The first-order valence-corrected chi connectivity index (χ1v) is 4.27. The zero-order chi connectivity index (χ0) is 12.3. The van der Waals surface area contributed by atoms with Gasteiger partial charge in [0.15, 0.2) is 0 Å². The Balaban J connectivity index is 3.11. The van der Waals surface area contributed by atoms with Crippen LogP contribution in [0, 0.1) is 10.1 Å². The number of nitro benzene ring substituents is 1. The molecular formula is C8H5ClFNO5. The molecule has 1 aromatic carbocycles. The lowest BCUT2D eigenvalue weighted by Crippen LogP contribution is -2.22. The summed E-state index contributed by atoms with van der Waals surface area (Å²) < 4.78 is 17.0. The topological polar surface area (TPSA) is 89.7 Å². The molecule has 0 saturated carbocycles. The third-order valence-electron chi connectivity index (χ3n) is 1.56. The number of carboxylic acid groups (broad SMARTS) is 1. The molecule has 6 nitrogen and oxygen atoms in total. The van der Waals surface area contributed by atoms with E-state index in [0.717, 1.165) is 6.07 Å². The molecule has 0 bridgehead atoms. The van der Waals surface area contributed by atoms with Gasteiger partial charge in [-0.3, -0.25) is 10.1 Å². The molecule has 0 saturated heterocycles. The van der Waals surface area contributed by atoms with Crippen molar-refractivity contribution in [2.24, 2.45) is 0 Å². The van der Waals surface area contributed by atoms with Gasteiger partial charge in [-0.1, -0.05) is 17.7 Å². The molecule has 1 unspecified atom stereocenters. The molecule has 8 heteroatoms. The summed E-state index contributed by atoms with van der Waals surface area (Å²) in [5.41, 5.74) is -0.601. The number of alkyl halides is 1. The lowest BCUT2D eigenvalue weighted by Gasteiger charge is -2.08. The zero-order valence-electron chi connectivity index (χ0n) is 7.59. The van der Waals surface area contributed by atoms with E-state index in [9.17, 15) is 19.3 Å². The molecule has 0 spiro atoms. The Morgan fingerprint density at radius 1 is 1.62 bits per heavy atom. The van der Waals surface area contributed by atoms with Crippen molar-refractivity contribution in [3.05, 3.63) is 33.3 Å². The average molecular weight is 250 g/mol. The van der Waals surface area contributed by atoms with Gasteiger partial charge in [0.2, 0.25) is 5.75 Å². The van der Waals surface area contributed by atoms with Crippen molar-refractivity contribution in [2.75, 3.05) is 0 Å². The van der Waals surface area contributed by atoms with Gasteiger partial charge in [0.25, 0.3) is 0 Å². The van der Waals surface area contributed by atoms with Gasteiger partial charge in [-0.25, -0.2) is 4.79 Å². The minimum Gasteiger partial charge on any atom is -0.476 e. The Labute approximate surface area is 93.4 Å². The van der Waals surface area contributed by atoms with E-state index in [1.165, 1.54) is 12.1 Å². The van der Waals surface area contributed by atoms with Crippen molar-refractivity contribution in [3.8, 4) is 5.75 Å². The Bertz CT molecular complexity index is 438. The predicted octanol–water partition coefficient (Wildman–Crippen LogP) is 2.01. The highest BCUT2D eigenvalue weighted by molar-refractivity contribution is 6.32. The first kappa shape index (κ1) is 12.2. The van der Waals surface area contributed by atoms with Crippen LogP contribution in [-0.4, -0.2) is 22.4 Å². The first-order valence-electron chi connectivity index (χ1n) is 3.90. The van der Waals surface area contributed by atoms with Crippen molar-refractivity contribution in [3.63, 3.8) is 0 Å². The maximum absolute atomic E-state index is 12.7. The fourth-order valence-electron chi connectivity index (χ4n) is 0.912. The van der Waals surface area contributed by atoms with Gasteiger partial charge < -0.3 is 9.84 Å². The molecule has 0 heterocycles. The van der Waals surface area contributed by atoms with Crippen LogP contribution in [0.5, 0.6) is 5.75 Å². The third kappa shape index (κ3) is 2.57. The van der Waals surface area contributed by atoms with Gasteiger partial charge in [-0.2, -0.15) is 4.39 Å². The predicted molar refractivity (Wildman–Crippen MR) is 51.3 cm³/mol. The molecular weight excluding hydrogens is 245 g/mol. The fourth-order valence-corrected chi connectivity index (χ4v) is 1.13. The zero-order valence-corrected chi connectivity index (χ0v) is 8.35. The van der Waals surface area contributed by atoms with Gasteiger partial charge in [0, 0.05) is 6.07 Å². The maximum Gasteiger partial charge on any atom is 0.378 e. The van der Waals surface area contributed by atoms with Crippen LogP contribution in [0.4, 0.5) is 10.1 Å². The SMILES string of the molecule is O=C(O)C(F)Oc1c(Cl)cccc1[N+](=O)[O-]. The molecule has 0 aliphatic rings. The number of aliphatic carboxylic acids is 1. The summed E-state index contributed by atoms with van der Waals surface area (Å²) in [7, 11) is 0. The maximum atomic E-state index is 12.7.